The normalized spacial score (nSPS) is 25.9. The predicted molar refractivity (Wildman–Crippen MR) is 78.8 cm³/mol. The monoisotopic (exact) mass is 269 g/mol. The zero-order chi connectivity index (χ0) is 13.5. The summed E-state index contributed by atoms with van der Waals surface area (Å²) in [7, 11) is 0. The van der Waals surface area contributed by atoms with Gasteiger partial charge in [0.1, 0.15) is 0 Å². The number of hydrogen-bond acceptors (Lipinski definition) is 2. The summed E-state index contributed by atoms with van der Waals surface area (Å²) in [5.74, 6) is 0.196. The lowest BCUT2D eigenvalue weighted by Gasteiger charge is -2.31. The Balaban J connectivity index is 1.65. The molecule has 1 aromatic heterocycles. The summed E-state index contributed by atoms with van der Waals surface area (Å²) in [6, 6.07) is 8.40. The van der Waals surface area contributed by atoms with Gasteiger partial charge in [-0.2, -0.15) is 0 Å². The molecular weight excluding hydrogens is 250 g/mol. The van der Waals surface area contributed by atoms with Gasteiger partial charge in [-0.25, -0.2) is 0 Å². The van der Waals surface area contributed by atoms with Crippen LogP contribution < -0.4 is 0 Å². The van der Waals surface area contributed by atoms with Gasteiger partial charge in [0, 0.05) is 54.9 Å². The van der Waals surface area contributed by atoms with Crippen molar-refractivity contribution in [2.24, 2.45) is 0 Å². The molecule has 0 atom stereocenters. The molecule has 2 aromatic rings. The van der Waals surface area contributed by atoms with Crippen molar-refractivity contribution in [2.75, 3.05) is 26.2 Å². The van der Waals surface area contributed by atoms with Crippen LogP contribution >= 0.6 is 0 Å². The average molecular weight is 269 g/mol. The number of fused-ring (bicyclic) bond motifs is 5. The lowest BCUT2D eigenvalue weighted by Crippen LogP contribution is -2.41. The number of nitrogens with zero attached hydrogens (tertiary/aromatic N) is 2. The molecule has 4 nitrogen and oxygen atoms in total. The molecule has 4 heteroatoms. The van der Waals surface area contributed by atoms with E-state index in [2.05, 4.69) is 14.8 Å². The smallest absolute Gasteiger partial charge is 0.254 e. The third kappa shape index (κ3) is 1.91. The van der Waals surface area contributed by atoms with Gasteiger partial charge in [-0.1, -0.05) is 0 Å². The van der Waals surface area contributed by atoms with Crippen LogP contribution in [0.1, 0.15) is 23.2 Å². The topological polar surface area (TPSA) is 39.3 Å². The second-order valence-electron chi connectivity index (χ2n) is 5.85. The number of carbonyl (C=O) groups excluding carboxylic acids is 1. The Labute approximate surface area is 118 Å². The number of piperidine rings is 1. The second kappa shape index (κ2) is 4.63. The maximum Gasteiger partial charge on any atom is 0.254 e. The van der Waals surface area contributed by atoms with Crippen LogP contribution in [0.4, 0.5) is 0 Å². The number of carbonyl (C=O) groups is 1. The highest BCUT2D eigenvalue weighted by molar-refractivity contribution is 5.98. The lowest BCUT2D eigenvalue weighted by molar-refractivity contribution is 0.0685. The van der Waals surface area contributed by atoms with Crippen LogP contribution in [0, 0.1) is 0 Å². The summed E-state index contributed by atoms with van der Waals surface area (Å²) in [5, 5.41) is 1.11. The molecule has 4 heterocycles. The van der Waals surface area contributed by atoms with E-state index in [0.29, 0.717) is 6.04 Å². The van der Waals surface area contributed by atoms with Crippen LogP contribution in [0.15, 0.2) is 30.5 Å². The molecule has 0 radical (unpaired) electrons. The molecule has 1 amide bonds. The molecule has 5 rings (SSSR count). The summed E-state index contributed by atoms with van der Waals surface area (Å²) in [6.07, 6.45) is 4.16. The largest absolute Gasteiger partial charge is 0.361 e. The second-order valence-corrected chi connectivity index (χ2v) is 5.85. The van der Waals surface area contributed by atoms with Crippen molar-refractivity contribution in [3.63, 3.8) is 0 Å². The van der Waals surface area contributed by atoms with Gasteiger partial charge in [-0.3, -0.25) is 4.79 Å². The molecule has 3 fully saturated rings. The minimum absolute atomic E-state index is 0.196. The number of benzene rings is 1. The number of aromatic nitrogens is 1. The van der Waals surface area contributed by atoms with Gasteiger partial charge in [0.25, 0.3) is 5.91 Å². The number of nitrogens with one attached hydrogen (secondary N) is 1. The minimum Gasteiger partial charge on any atom is -0.361 e. The average Bonchev–Trinajstić information content (AvgIpc) is 2.76. The maximum atomic E-state index is 12.8. The van der Waals surface area contributed by atoms with E-state index in [4.69, 9.17) is 0 Å². The van der Waals surface area contributed by atoms with E-state index in [9.17, 15) is 4.79 Å². The molecule has 0 unspecified atom stereocenters. The lowest BCUT2D eigenvalue weighted by atomic mass is 10.0. The molecule has 2 bridgehead atoms. The third-order valence-electron chi connectivity index (χ3n) is 4.72. The molecule has 3 aliphatic rings. The fourth-order valence-corrected chi connectivity index (χ4v) is 3.51. The number of amides is 1. The fraction of sp³-hybridized carbons (Fsp3) is 0.438. The summed E-state index contributed by atoms with van der Waals surface area (Å²) in [5.41, 5.74) is 1.90. The molecular formula is C16H19N3O. The van der Waals surface area contributed by atoms with Crippen molar-refractivity contribution in [2.45, 2.75) is 18.9 Å². The van der Waals surface area contributed by atoms with Gasteiger partial charge in [-0.05, 0) is 37.1 Å². The Bertz CT molecular complexity index is 640. The predicted octanol–water partition coefficient (Wildman–Crippen LogP) is 2.09. The van der Waals surface area contributed by atoms with Gasteiger partial charge in [0.15, 0.2) is 0 Å². The van der Waals surface area contributed by atoms with E-state index >= 15 is 0 Å². The van der Waals surface area contributed by atoms with E-state index in [-0.39, 0.29) is 5.91 Å². The first-order valence-electron chi connectivity index (χ1n) is 7.42. The van der Waals surface area contributed by atoms with Gasteiger partial charge in [-0.15, -0.1) is 0 Å². The highest BCUT2D eigenvalue weighted by atomic mass is 16.2. The van der Waals surface area contributed by atoms with E-state index in [1.165, 1.54) is 0 Å². The van der Waals surface area contributed by atoms with Gasteiger partial charge in [0.2, 0.25) is 0 Å². The third-order valence-corrected chi connectivity index (χ3v) is 4.72. The first kappa shape index (κ1) is 12.0. The standard InChI is InChI=1S/C16H19N3O/c20-16(13-1-2-15-12(11-13)3-6-17-15)19-10-9-18-7-4-14(19)5-8-18/h1-3,6,11,14,17H,4-5,7-10H2. The van der Waals surface area contributed by atoms with Crippen molar-refractivity contribution in [3.8, 4) is 0 Å². The van der Waals surface area contributed by atoms with Crippen LogP contribution in [0.2, 0.25) is 0 Å². The molecule has 3 aliphatic heterocycles. The van der Waals surface area contributed by atoms with Crippen molar-refractivity contribution >= 4 is 16.8 Å². The van der Waals surface area contributed by atoms with Crippen molar-refractivity contribution in [3.05, 3.63) is 36.0 Å². The molecule has 0 aliphatic carbocycles. The summed E-state index contributed by atoms with van der Waals surface area (Å²) >= 11 is 0. The minimum atomic E-state index is 0.196. The van der Waals surface area contributed by atoms with Crippen LogP contribution in [0.5, 0.6) is 0 Å². The maximum absolute atomic E-state index is 12.8. The Morgan fingerprint density at radius 3 is 2.80 bits per heavy atom. The summed E-state index contributed by atoms with van der Waals surface area (Å²) in [4.78, 5) is 20.5. The molecule has 0 saturated carbocycles. The van der Waals surface area contributed by atoms with Gasteiger partial charge in [0.05, 0.1) is 0 Å². The molecule has 1 N–H and O–H groups in total. The quantitative estimate of drug-likeness (QED) is 0.861. The zero-order valence-corrected chi connectivity index (χ0v) is 11.5. The molecule has 0 spiro atoms. The fourth-order valence-electron chi connectivity index (χ4n) is 3.51. The van der Waals surface area contributed by atoms with E-state index in [1.54, 1.807) is 0 Å². The van der Waals surface area contributed by atoms with Crippen LogP contribution in [-0.2, 0) is 0 Å². The Kier molecular flexibility index (Phi) is 2.77. The number of hydrogen-bond donors (Lipinski definition) is 1. The number of rotatable bonds is 1. The molecule has 20 heavy (non-hydrogen) atoms. The molecule has 1 aromatic carbocycles. The first-order valence-corrected chi connectivity index (χ1v) is 7.42. The van der Waals surface area contributed by atoms with E-state index < -0.39 is 0 Å². The molecule has 3 saturated heterocycles. The van der Waals surface area contributed by atoms with Crippen molar-refractivity contribution in [1.29, 1.82) is 0 Å². The van der Waals surface area contributed by atoms with Crippen LogP contribution in [0.25, 0.3) is 10.9 Å². The van der Waals surface area contributed by atoms with Crippen molar-refractivity contribution < 1.29 is 4.79 Å². The Morgan fingerprint density at radius 2 is 1.95 bits per heavy atom. The van der Waals surface area contributed by atoms with Crippen LogP contribution in [-0.4, -0.2) is 52.9 Å². The van der Waals surface area contributed by atoms with Gasteiger partial charge >= 0.3 is 0 Å². The number of aromatic amines is 1. The molecule has 104 valence electrons. The zero-order valence-electron chi connectivity index (χ0n) is 11.5. The highest BCUT2D eigenvalue weighted by Crippen LogP contribution is 2.23. The SMILES string of the molecule is O=C(c1ccc2[nH]ccc2c1)N1CCN2CCC1CC2. The van der Waals surface area contributed by atoms with Gasteiger partial charge < -0.3 is 14.8 Å². The van der Waals surface area contributed by atoms with Crippen LogP contribution in [0.3, 0.4) is 0 Å². The van der Waals surface area contributed by atoms with E-state index in [0.717, 1.165) is 55.5 Å². The van der Waals surface area contributed by atoms with Crippen molar-refractivity contribution in [1.82, 2.24) is 14.8 Å². The Hall–Kier alpha value is -1.81. The Morgan fingerprint density at radius 1 is 1.10 bits per heavy atom. The van der Waals surface area contributed by atoms with E-state index in [1.807, 2.05) is 30.5 Å². The highest BCUT2D eigenvalue weighted by Gasteiger charge is 2.32. The summed E-state index contributed by atoms with van der Waals surface area (Å²) in [6.45, 7) is 4.18. The first-order chi connectivity index (χ1) is 9.81. The number of H-pyrrole nitrogens is 1. The summed E-state index contributed by atoms with van der Waals surface area (Å²) < 4.78 is 0.